The lowest BCUT2D eigenvalue weighted by atomic mass is 10.1. The second-order valence-electron chi connectivity index (χ2n) is 4.16. The fourth-order valence-corrected chi connectivity index (χ4v) is 1.63. The van der Waals surface area contributed by atoms with E-state index in [9.17, 15) is 0 Å². The van der Waals surface area contributed by atoms with Crippen molar-refractivity contribution in [1.82, 2.24) is 10.2 Å². The molecule has 0 aliphatic rings. The van der Waals surface area contributed by atoms with E-state index in [2.05, 4.69) is 21.6 Å². The van der Waals surface area contributed by atoms with Crippen LogP contribution in [0.25, 0.3) is 0 Å². The van der Waals surface area contributed by atoms with Crippen molar-refractivity contribution in [3.05, 3.63) is 53.2 Å². The minimum absolute atomic E-state index is 0.120. The van der Waals surface area contributed by atoms with Crippen LogP contribution < -0.4 is 5.32 Å². The summed E-state index contributed by atoms with van der Waals surface area (Å²) in [5.74, 6) is 0.748. The summed E-state index contributed by atoms with van der Waals surface area (Å²) in [6.45, 7) is 3.95. The molecule has 0 fully saturated rings. The fourth-order valence-electron chi connectivity index (χ4n) is 1.63. The van der Waals surface area contributed by atoms with Crippen molar-refractivity contribution in [3.8, 4) is 6.07 Å². The molecule has 1 aromatic carbocycles. The van der Waals surface area contributed by atoms with Crippen LogP contribution in [-0.4, -0.2) is 10.2 Å². The largest absolute Gasteiger partial charge is 0.362 e. The maximum absolute atomic E-state index is 8.74. The summed E-state index contributed by atoms with van der Waals surface area (Å²) in [7, 11) is 0. The van der Waals surface area contributed by atoms with Crippen LogP contribution in [0.3, 0.4) is 0 Å². The van der Waals surface area contributed by atoms with E-state index in [0.29, 0.717) is 5.56 Å². The SMILES string of the molecule is Cc1ccc(NC(C)c2ccc(C#N)cc2)nn1. The molecule has 1 atom stereocenters. The van der Waals surface area contributed by atoms with E-state index in [4.69, 9.17) is 5.26 Å². The number of hydrogen-bond acceptors (Lipinski definition) is 4. The maximum Gasteiger partial charge on any atom is 0.149 e. The lowest BCUT2D eigenvalue weighted by Gasteiger charge is -2.14. The molecule has 1 unspecified atom stereocenters. The average molecular weight is 238 g/mol. The zero-order chi connectivity index (χ0) is 13.0. The first-order valence-corrected chi connectivity index (χ1v) is 5.76. The lowest BCUT2D eigenvalue weighted by Crippen LogP contribution is -2.08. The Morgan fingerprint density at radius 3 is 2.39 bits per heavy atom. The van der Waals surface area contributed by atoms with Gasteiger partial charge in [-0.1, -0.05) is 12.1 Å². The minimum Gasteiger partial charge on any atom is -0.362 e. The van der Waals surface area contributed by atoms with Gasteiger partial charge in [0.15, 0.2) is 0 Å². The Kier molecular flexibility index (Phi) is 3.54. The molecule has 0 saturated heterocycles. The highest BCUT2D eigenvalue weighted by Crippen LogP contribution is 2.17. The Hall–Kier alpha value is -2.41. The van der Waals surface area contributed by atoms with Crippen molar-refractivity contribution in [3.63, 3.8) is 0 Å². The summed E-state index contributed by atoms with van der Waals surface area (Å²) in [6.07, 6.45) is 0. The van der Waals surface area contributed by atoms with Gasteiger partial charge in [-0.3, -0.25) is 0 Å². The number of nitrogens with zero attached hydrogens (tertiary/aromatic N) is 3. The first-order valence-electron chi connectivity index (χ1n) is 5.76. The van der Waals surface area contributed by atoms with Gasteiger partial charge in [0, 0.05) is 6.04 Å². The van der Waals surface area contributed by atoms with E-state index in [1.807, 2.05) is 50.2 Å². The molecule has 2 rings (SSSR count). The molecular weight excluding hydrogens is 224 g/mol. The van der Waals surface area contributed by atoms with Gasteiger partial charge in [0.1, 0.15) is 5.82 Å². The van der Waals surface area contributed by atoms with Crippen molar-refractivity contribution in [2.45, 2.75) is 19.9 Å². The normalized spacial score (nSPS) is 11.6. The van der Waals surface area contributed by atoms with E-state index in [1.54, 1.807) is 0 Å². The average Bonchev–Trinajstić information content (AvgIpc) is 2.41. The monoisotopic (exact) mass is 238 g/mol. The van der Waals surface area contributed by atoms with Crippen LogP contribution in [0.2, 0.25) is 0 Å². The summed E-state index contributed by atoms with van der Waals surface area (Å²) < 4.78 is 0. The molecule has 2 aromatic rings. The molecule has 18 heavy (non-hydrogen) atoms. The Labute approximate surface area is 106 Å². The fraction of sp³-hybridized carbons (Fsp3) is 0.214. The summed E-state index contributed by atoms with van der Waals surface area (Å²) in [6, 6.07) is 13.6. The van der Waals surface area contributed by atoms with E-state index in [1.165, 1.54) is 0 Å². The van der Waals surface area contributed by atoms with Crippen LogP contribution in [0.4, 0.5) is 5.82 Å². The third-order valence-electron chi connectivity index (χ3n) is 2.70. The number of nitriles is 1. The molecule has 0 spiro atoms. The molecule has 4 heteroatoms. The highest BCUT2D eigenvalue weighted by molar-refractivity contribution is 5.39. The van der Waals surface area contributed by atoms with Crippen LogP contribution in [-0.2, 0) is 0 Å². The zero-order valence-corrected chi connectivity index (χ0v) is 10.4. The number of rotatable bonds is 3. The second kappa shape index (κ2) is 5.28. The maximum atomic E-state index is 8.74. The molecule has 0 bridgehead atoms. The van der Waals surface area contributed by atoms with Gasteiger partial charge in [0.25, 0.3) is 0 Å². The second-order valence-corrected chi connectivity index (χ2v) is 4.16. The summed E-state index contributed by atoms with van der Waals surface area (Å²) in [5.41, 5.74) is 2.67. The number of anilines is 1. The first kappa shape index (κ1) is 12.1. The van der Waals surface area contributed by atoms with E-state index < -0.39 is 0 Å². The van der Waals surface area contributed by atoms with Gasteiger partial charge in [-0.05, 0) is 43.7 Å². The van der Waals surface area contributed by atoms with Crippen LogP contribution in [0.5, 0.6) is 0 Å². The highest BCUT2D eigenvalue weighted by Gasteiger charge is 2.06. The van der Waals surface area contributed by atoms with Crippen LogP contribution in [0, 0.1) is 18.3 Å². The topological polar surface area (TPSA) is 61.6 Å². The summed E-state index contributed by atoms with van der Waals surface area (Å²) in [5, 5.41) is 20.1. The van der Waals surface area contributed by atoms with Gasteiger partial charge in [-0.25, -0.2) is 0 Å². The quantitative estimate of drug-likeness (QED) is 0.893. The van der Waals surface area contributed by atoms with E-state index in [0.717, 1.165) is 17.1 Å². The molecule has 4 nitrogen and oxygen atoms in total. The number of benzene rings is 1. The van der Waals surface area contributed by atoms with Crippen molar-refractivity contribution in [2.24, 2.45) is 0 Å². The predicted octanol–water partition coefficient (Wildman–Crippen LogP) is 2.83. The van der Waals surface area contributed by atoms with Crippen molar-refractivity contribution < 1.29 is 0 Å². The third-order valence-corrected chi connectivity index (χ3v) is 2.70. The van der Waals surface area contributed by atoms with Gasteiger partial charge in [-0.15, -0.1) is 5.10 Å². The number of hydrogen-bond donors (Lipinski definition) is 1. The van der Waals surface area contributed by atoms with Gasteiger partial charge in [-0.2, -0.15) is 10.4 Å². The molecular formula is C14H14N4. The molecule has 1 N–H and O–H groups in total. The van der Waals surface area contributed by atoms with Crippen LogP contribution >= 0.6 is 0 Å². The summed E-state index contributed by atoms with van der Waals surface area (Å²) >= 11 is 0. The van der Waals surface area contributed by atoms with Crippen molar-refractivity contribution in [1.29, 1.82) is 5.26 Å². The number of aryl methyl sites for hydroxylation is 1. The Morgan fingerprint density at radius 1 is 1.11 bits per heavy atom. The Morgan fingerprint density at radius 2 is 1.83 bits per heavy atom. The molecule has 1 aromatic heterocycles. The molecule has 0 aliphatic carbocycles. The van der Waals surface area contributed by atoms with Crippen molar-refractivity contribution in [2.75, 3.05) is 5.32 Å². The van der Waals surface area contributed by atoms with Gasteiger partial charge in [0.2, 0.25) is 0 Å². The van der Waals surface area contributed by atoms with Crippen molar-refractivity contribution >= 4 is 5.82 Å². The molecule has 1 heterocycles. The van der Waals surface area contributed by atoms with E-state index >= 15 is 0 Å². The van der Waals surface area contributed by atoms with E-state index in [-0.39, 0.29) is 6.04 Å². The first-order chi connectivity index (χ1) is 8.69. The predicted molar refractivity (Wildman–Crippen MR) is 70.0 cm³/mol. The van der Waals surface area contributed by atoms with Crippen LogP contribution in [0.15, 0.2) is 36.4 Å². The van der Waals surface area contributed by atoms with Crippen LogP contribution in [0.1, 0.15) is 29.8 Å². The molecule has 0 aliphatic heterocycles. The molecule has 0 amide bonds. The molecule has 0 radical (unpaired) electrons. The lowest BCUT2D eigenvalue weighted by molar-refractivity contribution is 0.855. The Bertz CT molecular complexity index is 552. The summed E-state index contributed by atoms with van der Waals surface area (Å²) in [4.78, 5) is 0. The van der Waals surface area contributed by atoms with Gasteiger partial charge < -0.3 is 5.32 Å². The minimum atomic E-state index is 0.120. The highest BCUT2D eigenvalue weighted by atomic mass is 15.2. The number of aromatic nitrogens is 2. The molecule has 0 saturated carbocycles. The molecule has 90 valence electrons. The number of nitrogens with one attached hydrogen (secondary N) is 1. The van der Waals surface area contributed by atoms with Gasteiger partial charge >= 0.3 is 0 Å². The Balaban J connectivity index is 2.09. The smallest absolute Gasteiger partial charge is 0.149 e. The standard InChI is InChI=1S/C14H14N4/c1-10-3-8-14(18-17-10)16-11(2)13-6-4-12(9-15)5-7-13/h3-8,11H,1-2H3,(H,16,18). The van der Waals surface area contributed by atoms with Gasteiger partial charge in [0.05, 0.1) is 17.3 Å². The zero-order valence-electron chi connectivity index (χ0n) is 10.4. The third kappa shape index (κ3) is 2.83.